The van der Waals surface area contributed by atoms with Crippen molar-refractivity contribution in [2.45, 2.75) is 26.7 Å². The molecule has 0 bridgehead atoms. The SMILES string of the molecule is CCCCOc1[nH]c(C)cc(=O)c1C#N. The van der Waals surface area contributed by atoms with Gasteiger partial charge >= 0.3 is 0 Å². The van der Waals surface area contributed by atoms with Crippen LogP contribution in [0, 0.1) is 18.3 Å². The lowest BCUT2D eigenvalue weighted by Crippen LogP contribution is -2.11. The van der Waals surface area contributed by atoms with Gasteiger partial charge in [-0.05, 0) is 13.3 Å². The van der Waals surface area contributed by atoms with Crippen LogP contribution in [0.15, 0.2) is 10.9 Å². The molecule has 0 saturated heterocycles. The van der Waals surface area contributed by atoms with E-state index in [2.05, 4.69) is 4.98 Å². The average molecular weight is 206 g/mol. The summed E-state index contributed by atoms with van der Waals surface area (Å²) in [6, 6.07) is 3.24. The normalized spacial score (nSPS) is 9.67. The third kappa shape index (κ3) is 2.84. The van der Waals surface area contributed by atoms with Crippen LogP contribution in [0.4, 0.5) is 0 Å². The quantitative estimate of drug-likeness (QED) is 0.763. The van der Waals surface area contributed by atoms with E-state index in [9.17, 15) is 4.79 Å². The van der Waals surface area contributed by atoms with Crippen molar-refractivity contribution in [3.05, 3.63) is 27.5 Å². The van der Waals surface area contributed by atoms with Gasteiger partial charge in [-0.1, -0.05) is 13.3 Å². The number of pyridine rings is 1. The highest BCUT2D eigenvalue weighted by molar-refractivity contribution is 5.38. The average Bonchev–Trinajstić information content (AvgIpc) is 2.17. The maximum Gasteiger partial charge on any atom is 0.213 e. The molecule has 0 aliphatic carbocycles. The molecule has 1 aromatic heterocycles. The van der Waals surface area contributed by atoms with E-state index in [4.69, 9.17) is 10.00 Å². The predicted octanol–water partition coefficient (Wildman–Crippen LogP) is 1.73. The Balaban J connectivity index is 2.95. The van der Waals surface area contributed by atoms with Crippen molar-refractivity contribution in [1.29, 1.82) is 5.26 Å². The number of aromatic amines is 1. The Morgan fingerprint density at radius 1 is 1.60 bits per heavy atom. The number of H-pyrrole nitrogens is 1. The maximum absolute atomic E-state index is 11.4. The van der Waals surface area contributed by atoms with E-state index in [0.717, 1.165) is 12.8 Å². The Kier molecular flexibility index (Phi) is 3.92. The van der Waals surface area contributed by atoms with Crippen LogP contribution in [0.2, 0.25) is 0 Å². The number of nitriles is 1. The zero-order valence-electron chi connectivity index (χ0n) is 8.96. The Morgan fingerprint density at radius 2 is 2.33 bits per heavy atom. The molecule has 1 rings (SSSR count). The Labute approximate surface area is 88.5 Å². The highest BCUT2D eigenvalue weighted by atomic mass is 16.5. The van der Waals surface area contributed by atoms with E-state index >= 15 is 0 Å². The van der Waals surface area contributed by atoms with Gasteiger partial charge in [0.25, 0.3) is 0 Å². The summed E-state index contributed by atoms with van der Waals surface area (Å²) in [6.45, 7) is 4.33. The molecule has 0 radical (unpaired) electrons. The van der Waals surface area contributed by atoms with Crippen molar-refractivity contribution < 1.29 is 4.74 Å². The molecule has 0 aliphatic rings. The van der Waals surface area contributed by atoms with Gasteiger partial charge in [0.15, 0.2) is 5.56 Å². The molecule has 0 spiro atoms. The molecule has 0 aromatic carbocycles. The van der Waals surface area contributed by atoms with Gasteiger partial charge in [-0.3, -0.25) is 4.79 Å². The van der Waals surface area contributed by atoms with E-state index in [1.54, 1.807) is 6.92 Å². The zero-order valence-corrected chi connectivity index (χ0v) is 8.96. The zero-order chi connectivity index (χ0) is 11.3. The molecule has 1 N–H and O–H groups in total. The van der Waals surface area contributed by atoms with Gasteiger partial charge in [-0.25, -0.2) is 0 Å². The molecule has 0 unspecified atom stereocenters. The number of hydrogen-bond acceptors (Lipinski definition) is 3. The fraction of sp³-hybridized carbons (Fsp3) is 0.455. The summed E-state index contributed by atoms with van der Waals surface area (Å²) < 4.78 is 5.35. The first kappa shape index (κ1) is 11.3. The minimum absolute atomic E-state index is 0.0525. The van der Waals surface area contributed by atoms with Crippen LogP contribution in [0.5, 0.6) is 5.88 Å². The smallest absolute Gasteiger partial charge is 0.213 e. The van der Waals surface area contributed by atoms with Gasteiger partial charge in [0.05, 0.1) is 6.61 Å². The molecule has 80 valence electrons. The van der Waals surface area contributed by atoms with Gasteiger partial charge in [0, 0.05) is 11.8 Å². The Bertz CT molecular complexity index is 429. The minimum atomic E-state index is -0.291. The largest absolute Gasteiger partial charge is 0.478 e. The standard InChI is InChI=1S/C11H14N2O2/c1-3-4-5-15-11-9(7-12)10(14)6-8(2)13-11/h6H,3-5H2,1-2H3,(H,13,14). The molecule has 1 aromatic rings. The van der Waals surface area contributed by atoms with Gasteiger partial charge in [-0.15, -0.1) is 0 Å². The summed E-state index contributed by atoms with van der Waals surface area (Å²) in [4.78, 5) is 14.3. The van der Waals surface area contributed by atoms with Crippen molar-refractivity contribution in [1.82, 2.24) is 4.98 Å². The first-order valence-electron chi connectivity index (χ1n) is 4.95. The van der Waals surface area contributed by atoms with Gasteiger partial charge in [0.2, 0.25) is 11.3 Å². The molecule has 1 heterocycles. The number of unbranched alkanes of at least 4 members (excludes halogenated alkanes) is 1. The molecule has 4 nitrogen and oxygen atoms in total. The highest BCUT2D eigenvalue weighted by Crippen LogP contribution is 2.11. The van der Waals surface area contributed by atoms with Crippen LogP contribution in [-0.4, -0.2) is 11.6 Å². The van der Waals surface area contributed by atoms with Crippen LogP contribution < -0.4 is 10.2 Å². The maximum atomic E-state index is 11.4. The second-order valence-corrected chi connectivity index (χ2v) is 3.33. The predicted molar refractivity (Wildman–Crippen MR) is 56.9 cm³/mol. The highest BCUT2D eigenvalue weighted by Gasteiger charge is 2.08. The fourth-order valence-corrected chi connectivity index (χ4v) is 1.19. The lowest BCUT2D eigenvalue weighted by atomic mass is 10.2. The third-order valence-electron chi connectivity index (χ3n) is 1.99. The van der Waals surface area contributed by atoms with E-state index < -0.39 is 0 Å². The second kappa shape index (κ2) is 5.20. The second-order valence-electron chi connectivity index (χ2n) is 3.33. The Morgan fingerprint density at radius 3 is 2.93 bits per heavy atom. The van der Waals surface area contributed by atoms with E-state index in [0.29, 0.717) is 12.3 Å². The molecule has 0 atom stereocenters. The van der Waals surface area contributed by atoms with Crippen molar-refractivity contribution in [2.24, 2.45) is 0 Å². The van der Waals surface area contributed by atoms with E-state index in [-0.39, 0.29) is 16.9 Å². The minimum Gasteiger partial charge on any atom is -0.478 e. The van der Waals surface area contributed by atoms with Crippen LogP contribution >= 0.6 is 0 Å². The first-order valence-corrected chi connectivity index (χ1v) is 4.95. The number of ether oxygens (including phenoxy) is 1. The van der Waals surface area contributed by atoms with Gasteiger partial charge in [-0.2, -0.15) is 5.26 Å². The van der Waals surface area contributed by atoms with Crippen LogP contribution in [0.3, 0.4) is 0 Å². The molecular formula is C11H14N2O2. The number of aromatic nitrogens is 1. The van der Waals surface area contributed by atoms with E-state index in [1.807, 2.05) is 13.0 Å². The topological polar surface area (TPSA) is 65.9 Å². The molecule has 0 amide bonds. The van der Waals surface area contributed by atoms with Crippen LogP contribution in [0.1, 0.15) is 31.0 Å². The van der Waals surface area contributed by atoms with Gasteiger partial charge in [0.1, 0.15) is 6.07 Å². The fourth-order valence-electron chi connectivity index (χ4n) is 1.19. The summed E-state index contributed by atoms with van der Waals surface area (Å²) in [5, 5.41) is 8.80. The molecule has 0 aliphatic heterocycles. The molecule has 4 heteroatoms. The number of nitrogens with one attached hydrogen (secondary N) is 1. The number of rotatable bonds is 4. The van der Waals surface area contributed by atoms with Crippen molar-refractivity contribution in [3.8, 4) is 11.9 Å². The number of nitrogens with zero attached hydrogens (tertiary/aromatic N) is 1. The van der Waals surface area contributed by atoms with E-state index in [1.165, 1.54) is 6.07 Å². The molecule has 0 fully saturated rings. The first-order chi connectivity index (χ1) is 7.19. The Hall–Kier alpha value is -1.76. The summed E-state index contributed by atoms with van der Waals surface area (Å²) in [5.41, 5.74) is 0.461. The summed E-state index contributed by atoms with van der Waals surface area (Å²) >= 11 is 0. The van der Waals surface area contributed by atoms with Gasteiger partial charge < -0.3 is 9.72 Å². The number of aryl methyl sites for hydroxylation is 1. The van der Waals surface area contributed by atoms with Crippen molar-refractivity contribution in [2.75, 3.05) is 6.61 Å². The lowest BCUT2D eigenvalue weighted by molar-refractivity contribution is 0.296. The van der Waals surface area contributed by atoms with Crippen molar-refractivity contribution >= 4 is 0 Å². The summed E-state index contributed by atoms with van der Waals surface area (Å²) in [5.74, 6) is 0.288. The molecular weight excluding hydrogens is 192 g/mol. The van der Waals surface area contributed by atoms with Crippen LogP contribution in [-0.2, 0) is 0 Å². The number of hydrogen-bond donors (Lipinski definition) is 1. The molecule has 15 heavy (non-hydrogen) atoms. The summed E-state index contributed by atoms with van der Waals surface area (Å²) in [6.07, 6.45) is 1.92. The summed E-state index contributed by atoms with van der Waals surface area (Å²) in [7, 11) is 0. The van der Waals surface area contributed by atoms with Crippen molar-refractivity contribution in [3.63, 3.8) is 0 Å². The third-order valence-corrected chi connectivity index (χ3v) is 1.99. The molecule has 0 saturated carbocycles. The monoisotopic (exact) mass is 206 g/mol. The lowest BCUT2D eigenvalue weighted by Gasteiger charge is -2.07. The van der Waals surface area contributed by atoms with Crippen LogP contribution in [0.25, 0.3) is 0 Å².